The number of ether oxygens (including phenoxy) is 6. The van der Waals surface area contributed by atoms with Gasteiger partial charge in [0.25, 0.3) is 0 Å². The molecule has 0 aromatic heterocycles. The molecular weight excluding hydrogens is 552 g/mol. The third-order valence-corrected chi connectivity index (χ3v) is 6.52. The Morgan fingerprint density at radius 2 is 1.33 bits per heavy atom. The second kappa shape index (κ2) is 22.3. The van der Waals surface area contributed by atoms with Crippen molar-refractivity contribution in [3.8, 4) is 11.5 Å². The monoisotopic (exact) mass is 606 g/mol. The molecule has 0 bridgehead atoms. The molecule has 0 saturated heterocycles. The molecule has 0 aliphatic heterocycles. The van der Waals surface area contributed by atoms with E-state index in [1.54, 1.807) is 28.3 Å². The van der Waals surface area contributed by atoms with E-state index >= 15 is 0 Å². The van der Waals surface area contributed by atoms with Crippen LogP contribution in [0.25, 0.3) is 0 Å². The van der Waals surface area contributed by atoms with E-state index in [1.807, 2.05) is 12.1 Å². The van der Waals surface area contributed by atoms with Crippen molar-refractivity contribution in [1.82, 2.24) is 9.80 Å². The first kappa shape index (κ1) is 37.8. The topological polar surface area (TPSA) is 96.0 Å². The molecule has 0 heterocycles. The molecule has 1 aromatic carbocycles. The molecule has 2 amide bonds. The van der Waals surface area contributed by atoms with E-state index in [0.29, 0.717) is 31.1 Å². The highest BCUT2D eigenvalue weighted by Crippen LogP contribution is 2.33. The fourth-order valence-electron chi connectivity index (χ4n) is 3.91. The summed E-state index contributed by atoms with van der Waals surface area (Å²) in [6.45, 7) is 9.43. The van der Waals surface area contributed by atoms with Crippen molar-refractivity contribution in [2.24, 2.45) is 0 Å². The van der Waals surface area contributed by atoms with E-state index in [4.69, 9.17) is 28.4 Å². The Morgan fingerprint density at radius 3 is 1.79 bits per heavy atom. The number of amides is 2. The number of nitrogens with zero attached hydrogens (tertiary/aromatic N) is 2. The van der Waals surface area contributed by atoms with Gasteiger partial charge in [-0.2, -0.15) is 0 Å². The van der Waals surface area contributed by atoms with Crippen molar-refractivity contribution in [1.29, 1.82) is 0 Å². The van der Waals surface area contributed by atoms with Crippen molar-refractivity contribution in [2.75, 3.05) is 68.2 Å². The third kappa shape index (κ3) is 16.3. The van der Waals surface area contributed by atoms with Gasteiger partial charge >= 0.3 is 12.2 Å². The first-order valence-electron chi connectivity index (χ1n) is 15.1. The Morgan fingerprint density at radius 1 is 0.791 bits per heavy atom. The highest BCUT2D eigenvalue weighted by molar-refractivity contribution is 5.67. The molecule has 0 aliphatic rings. The van der Waals surface area contributed by atoms with Crippen molar-refractivity contribution >= 4 is 12.2 Å². The minimum absolute atomic E-state index is 0.00827. The summed E-state index contributed by atoms with van der Waals surface area (Å²) in [4.78, 5) is 27.5. The van der Waals surface area contributed by atoms with Crippen LogP contribution in [0.5, 0.6) is 11.5 Å². The second-order valence-electron chi connectivity index (χ2n) is 10.8. The van der Waals surface area contributed by atoms with E-state index in [2.05, 4.69) is 39.8 Å². The van der Waals surface area contributed by atoms with Gasteiger partial charge in [0, 0.05) is 33.9 Å². The summed E-state index contributed by atoms with van der Waals surface area (Å²) in [6.07, 6.45) is 9.96. The smallest absolute Gasteiger partial charge is 0.412 e. The van der Waals surface area contributed by atoms with Crippen LogP contribution in [0.4, 0.5) is 9.59 Å². The number of carbonyl (C=O) groups excluding carboxylic acids is 2. The fraction of sp³-hybridized carbons (Fsp3) is 0.636. The lowest BCUT2D eigenvalue weighted by Crippen LogP contribution is -2.32. The summed E-state index contributed by atoms with van der Waals surface area (Å²) < 4.78 is 32.8. The molecule has 244 valence electrons. The fourth-order valence-corrected chi connectivity index (χ4v) is 3.91. The van der Waals surface area contributed by atoms with Gasteiger partial charge in [0.05, 0.1) is 13.2 Å². The zero-order valence-corrected chi connectivity index (χ0v) is 27.7. The maximum atomic E-state index is 12.4. The van der Waals surface area contributed by atoms with Gasteiger partial charge in [0.15, 0.2) is 13.5 Å². The largest absolute Gasteiger partial charge is 0.472 e. The van der Waals surface area contributed by atoms with Gasteiger partial charge in [-0.15, -0.1) is 0 Å². The molecular formula is C33H54N2O8. The third-order valence-electron chi connectivity index (χ3n) is 6.52. The van der Waals surface area contributed by atoms with Crippen LogP contribution in [-0.2, 0) is 31.8 Å². The van der Waals surface area contributed by atoms with Crippen LogP contribution in [-0.4, -0.2) is 90.2 Å². The zero-order chi connectivity index (χ0) is 32.0. The summed E-state index contributed by atoms with van der Waals surface area (Å²) in [7, 11) is 6.34. The van der Waals surface area contributed by atoms with Crippen LogP contribution in [0.15, 0.2) is 35.4 Å². The lowest BCUT2D eigenvalue weighted by molar-refractivity contribution is 0.0586. The molecule has 1 aromatic rings. The van der Waals surface area contributed by atoms with E-state index in [-0.39, 0.29) is 26.7 Å². The first-order valence-corrected chi connectivity index (χ1v) is 15.1. The molecule has 1 rings (SSSR count). The zero-order valence-electron chi connectivity index (χ0n) is 27.7. The summed E-state index contributed by atoms with van der Waals surface area (Å²) >= 11 is 0. The molecule has 0 unspecified atom stereocenters. The SMILES string of the molecule is CCCCCc1cc(OCN(C)C(=O)OCCOC)c(C/C=C(\C)CCC=C(C)C)c(OCN(C)C(=O)OCCOC)c1. The molecule has 0 radical (unpaired) electrons. The van der Waals surface area contributed by atoms with Crippen LogP contribution in [0.2, 0.25) is 0 Å². The lowest BCUT2D eigenvalue weighted by Gasteiger charge is -2.23. The molecule has 0 atom stereocenters. The van der Waals surface area contributed by atoms with Crippen molar-refractivity contribution in [3.63, 3.8) is 0 Å². The van der Waals surface area contributed by atoms with Crippen LogP contribution in [0.1, 0.15) is 70.9 Å². The Hall–Kier alpha value is -3.24. The number of unbranched alkanes of at least 4 members (excludes halogenated alkanes) is 2. The van der Waals surface area contributed by atoms with Gasteiger partial charge in [-0.3, -0.25) is 9.80 Å². The van der Waals surface area contributed by atoms with Crippen LogP contribution in [0, 0.1) is 0 Å². The molecule has 0 spiro atoms. The van der Waals surface area contributed by atoms with E-state index in [9.17, 15) is 9.59 Å². The first-order chi connectivity index (χ1) is 20.6. The molecule has 0 aliphatic carbocycles. The normalized spacial score (nSPS) is 11.1. The second-order valence-corrected chi connectivity index (χ2v) is 10.8. The van der Waals surface area contributed by atoms with Crippen LogP contribution >= 0.6 is 0 Å². The standard InChI is InChI=1S/C33H54N2O8/c1-9-10-11-15-28-22-30(42-24-34(5)32(36)40-20-18-38-7)29(17-16-27(4)14-12-13-26(2)3)31(23-28)43-25-35(6)33(37)41-21-19-39-8/h13,16,22-23H,9-12,14-15,17-21,24-25H2,1-8H3/b27-16+. The molecule has 43 heavy (non-hydrogen) atoms. The minimum Gasteiger partial charge on any atom is -0.472 e. The summed E-state index contributed by atoms with van der Waals surface area (Å²) in [5.74, 6) is 1.25. The average Bonchev–Trinajstić information content (AvgIpc) is 2.97. The number of allylic oxidation sites excluding steroid dienone is 4. The van der Waals surface area contributed by atoms with Crippen LogP contribution in [0.3, 0.4) is 0 Å². The van der Waals surface area contributed by atoms with E-state index in [1.165, 1.54) is 20.9 Å². The van der Waals surface area contributed by atoms with Gasteiger partial charge in [0.1, 0.15) is 24.7 Å². The summed E-state index contributed by atoms with van der Waals surface area (Å²) in [6, 6.07) is 4.05. The Kier molecular flexibility index (Phi) is 19.6. The highest BCUT2D eigenvalue weighted by atomic mass is 16.6. The molecule has 10 nitrogen and oxygen atoms in total. The quantitative estimate of drug-likeness (QED) is 0.0861. The van der Waals surface area contributed by atoms with Crippen LogP contribution < -0.4 is 9.47 Å². The summed E-state index contributed by atoms with van der Waals surface area (Å²) in [5.41, 5.74) is 4.44. The number of carbonyl (C=O) groups is 2. The number of methoxy groups -OCH3 is 2. The van der Waals surface area contributed by atoms with Gasteiger partial charge in [-0.05, 0) is 70.6 Å². The van der Waals surface area contributed by atoms with Crippen molar-refractivity contribution in [2.45, 2.75) is 72.6 Å². The Balaban J connectivity index is 3.30. The molecule has 0 N–H and O–H groups in total. The average molecular weight is 607 g/mol. The van der Waals surface area contributed by atoms with E-state index in [0.717, 1.165) is 49.7 Å². The van der Waals surface area contributed by atoms with Gasteiger partial charge < -0.3 is 28.4 Å². The van der Waals surface area contributed by atoms with Crippen molar-refractivity contribution in [3.05, 3.63) is 46.6 Å². The lowest BCUT2D eigenvalue weighted by atomic mass is 10.00. The van der Waals surface area contributed by atoms with E-state index < -0.39 is 12.2 Å². The predicted molar refractivity (Wildman–Crippen MR) is 169 cm³/mol. The maximum Gasteiger partial charge on any atom is 0.412 e. The molecule has 10 heteroatoms. The number of hydrogen-bond donors (Lipinski definition) is 0. The number of benzene rings is 1. The Bertz CT molecular complexity index is 967. The van der Waals surface area contributed by atoms with Gasteiger partial charge in [-0.1, -0.05) is 43.1 Å². The predicted octanol–water partition coefficient (Wildman–Crippen LogP) is 6.76. The number of aryl methyl sites for hydroxylation is 1. The maximum absolute atomic E-state index is 12.4. The number of hydrogen-bond acceptors (Lipinski definition) is 8. The molecule has 0 saturated carbocycles. The van der Waals surface area contributed by atoms with Gasteiger partial charge in [-0.25, -0.2) is 9.59 Å². The summed E-state index contributed by atoms with van der Waals surface area (Å²) in [5, 5.41) is 0. The number of rotatable bonds is 21. The van der Waals surface area contributed by atoms with Gasteiger partial charge in [0.2, 0.25) is 0 Å². The Labute approximate surface area is 258 Å². The highest BCUT2D eigenvalue weighted by Gasteiger charge is 2.18. The van der Waals surface area contributed by atoms with Crippen molar-refractivity contribution < 1.29 is 38.0 Å². The minimum atomic E-state index is -0.502. The molecule has 0 fully saturated rings.